The Bertz CT molecular complexity index is 626. The Kier molecular flexibility index (Phi) is 4.41. The van der Waals surface area contributed by atoms with E-state index < -0.39 is 26.3 Å². The molecule has 0 saturated carbocycles. The fourth-order valence-electron chi connectivity index (χ4n) is 1.22. The zero-order valence-electron chi connectivity index (χ0n) is 11.0. The molecule has 1 rings (SSSR count). The number of anilines is 1. The van der Waals surface area contributed by atoms with Crippen LogP contribution in [0.4, 0.5) is 10.1 Å². The lowest BCUT2D eigenvalue weighted by Crippen LogP contribution is -2.44. The normalized spacial score (nSPS) is 12.3. The second-order valence-corrected chi connectivity index (χ2v) is 8.24. The summed E-state index contributed by atoms with van der Waals surface area (Å²) < 4.78 is 35.0. The van der Waals surface area contributed by atoms with E-state index >= 15 is 0 Å². The van der Waals surface area contributed by atoms with Crippen LogP contribution in [0, 0.1) is 12.7 Å². The molecule has 0 aliphatic carbocycles. The second kappa shape index (κ2) is 5.20. The first-order chi connectivity index (χ1) is 8.46. The highest BCUT2D eigenvalue weighted by Gasteiger charge is 2.38. The number of rotatable bonds is 3. The number of nitrogens with one attached hydrogen (secondary N) is 1. The van der Waals surface area contributed by atoms with Crippen molar-refractivity contribution in [2.75, 3.05) is 11.6 Å². The highest BCUT2D eigenvalue weighted by atomic mass is 79.9. The molecule has 0 aliphatic heterocycles. The van der Waals surface area contributed by atoms with Crippen LogP contribution >= 0.6 is 15.9 Å². The molecule has 19 heavy (non-hydrogen) atoms. The highest BCUT2D eigenvalue weighted by molar-refractivity contribution is 9.10. The zero-order chi connectivity index (χ0) is 15.0. The molecule has 0 bridgehead atoms. The molecule has 0 spiro atoms. The summed E-state index contributed by atoms with van der Waals surface area (Å²) in [5.41, 5.74) is 0.883. The Morgan fingerprint density at radius 1 is 1.37 bits per heavy atom. The van der Waals surface area contributed by atoms with Crippen LogP contribution in [0.2, 0.25) is 0 Å². The van der Waals surface area contributed by atoms with Gasteiger partial charge in [-0.25, -0.2) is 12.8 Å². The summed E-state index contributed by atoms with van der Waals surface area (Å²) in [5, 5.41) is 2.51. The first-order valence-electron chi connectivity index (χ1n) is 5.43. The van der Waals surface area contributed by atoms with Crippen LogP contribution in [-0.2, 0) is 14.6 Å². The Balaban J connectivity index is 3.11. The van der Waals surface area contributed by atoms with E-state index in [1.165, 1.54) is 26.0 Å². The smallest absolute Gasteiger partial charge is 0.245 e. The van der Waals surface area contributed by atoms with Crippen molar-refractivity contribution in [1.29, 1.82) is 0 Å². The number of carbonyl (C=O) groups is 1. The van der Waals surface area contributed by atoms with Gasteiger partial charge in [0.2, 0.25) is 5.91 Å². The maximum absolute atomic E-state index is 13.3. The van der Waals surface area contributed by atoms with Gasteiger partial charge >= 0.3 is 0 Å². The minimum atomic E-state index is -3.55. The molecule has 0 heterocycles. The van der Waals surface area contributed by atoms with E-state index in [1.807, 2.05) is 0 Å². The molecule has 0 atom stereocenters. The minimum Gasteiger partial charge on any atom is -0.324 e. The van der Waals surface area contributed by atoms with Gasteiger partial charge in [-0.05, 0) is 54.4 Å². The number of hydrogen-bond acceptors (Lipinski definition) is 3. The zero-order valence-corrected chi connectivity index (χ0v) is 13.4. The Hall–Kier alpha value is -0.950. The van der Waals surface area contributed by atoms with Crippen molar-refractivity contribution >= 4 is 37.4 Å². The predicted octanol–water partition coefficient (Wildman–Crippen LogP) is 2.66. The lowest BCUT2D eigenvalue weighted by atomic mass is 10.1. The van der Waals surface area contributed by atoms with Crippen molar-refractivity contribution in [1.82, 2.24) is 0 Å². The van der Waals surface area contributed by atoms with E-state index in [9.17, 15) is 17.6 Å². The Morgan fingerprint density at radius 3 is 2.37 bits per heavy atom. The number of carbonyl (C=O) groups excluding carboxylic acids is 1. The summed E-state index contributed by atoms with van der Waals surface area (Å²) in [5.74, 6) is -1.10. The summed E-state index contributed by atoms with van der Waals surface area (Å²) >= 11 is 3.02. The SMILES string of the molecule is Cc1cc(F)c(Br)cc1NC(=O)C(C)(C)S(C)(=O)=O. The van der Waals surface area contributed by atoms with Crippen molar-refractivity contribution in [3.05, 3.63) is 28.0 Å². The van der Waals surface area contributed by atoms with Crippen molar-refractivity contribution < 1.29 is 17.6 Å². The quantitative estimate of drug-likeness (QED) is 0.910. The van der Waals surface area contributed by atoms with Gasteiger partial charge in [-0.3, -0.25) is 4.79 Å². The maximum Gasteiger partial charge on any atom is 0.245 e. The molecular formula is C12H15BrFNO3S. The van der Waals surface area contributed by atoms with Gasteiger partial charge in [0.1, 0.15) is 10.6 Å². The van der Waals surface area contributed by atoms with Gasteiger partial charge in [-0.1, -0.05) is 0 Å². The van der Waals surface area contributed by atoms with Crippen LogP contribution in [-0.4, -0.2) is 25.3 Å². The van der Waals surface area contributed by atoms with Crippen molar-refractivity contribution in [2.45, 2.75) is 25.5 Å². The first-order valence-corrected chi connectivity index (χ1v) is 8.12. The lowest BCUT2D eigenvalue weighted by Gasteiger charge is -2.22. The molecule has 0 radical (unpaired) electrons. The average molecular weight is 352 g/mol. The molecule has 4 nitrogen and oxygen atoms in total. The van der Waals surface area contributed by atoms with E-state index in [2.05, 4.69) is 21.2 Å². The highest BCUT2D eigenvalue weighted by Crippen LogP contribution is 2.26. The Labute approximate surface area is 120 Å². The molecule has 0 fully saturated rings. The number of aryl methyl sites for hydroxylation is 1. The third-order valence-electron chi connectivity index (χ3n) is 2.99. The van der Waals surface area contributed by atoms with Gasteiger partial charge in [0.25, 0.3) is 0 Å². The van der Waals surface area contributed by atoms with Crippen molar-refractivity contribution in [3.8, 4) is 0 Å². The van der Waals surface area contributed by atoms with Gasteiger partial charge in [-0.2, -0.15) is 0 Å². The third-order valence-corrected chi connectivity index (χ3v) is 5.64. The number of benzene rings is 1. The third kappa shape index (κ3) is 3.33. The van der Waals surface area contributed by atoms with Gasteiger partial charge in [0, 0.05) is 11.9 Å². The van der Waals surface area contributed by atoms with E-state index in [0.717, 1.165) is 6.26 Å². The fraction of sp³-hybridized carbons (Fsp3) is 0.417. The van der Waals surface area contributed by atoms with Gasteiger partial charge < -0.3 is 5.32 Å². The molecular weight excluding hydrogens is 337 g/mol. The number of hydrogen-bond donors (Lipinski definition) is 1. The molecule has 1 amide bonds. The van der Waals surface area contributed by atoms with Crippen LogP contribution in [0.5, 0.6) is 0 Å². The van der Waals surface area contributed by atoms with Crippen LogP contribution < -0.4 is 5.32 Å². The van der Waals surface area contributed by atoms with Crippen LogP contribution in [0.1, 0.15) is 19.4 Å². The molecule has 0 aliphatic rings. The van der Waals surface area contributed by atoms with Crippen LogP contribution in [0.3, 0.4) is 0 Å². The summed E-state index contributed by atoms with van der Waals surface area (Å²) in [7, 11) is -3.55. The van der Waals surface area contributed by atoms with E-state index in [-0.39, 0.29) is 4.47 Å². The number of amides is 1. The molecule has 106 valence electrons. The summed E-state index contributed by atoms with van der Waals surface area (Å²) in [6.45, 7) is 4.27. The van der Waals surface area contributed by atoms with E-state index in [1.54, 1.807) is 6.92 Å². The summed E-state index contributed by atoms with van der Waals surface area (Å²) in [4.78, 5) is 12.0. The molecule has 0 saturated heterocycles. The Morgan fingerprint density at radius 2 is 1.89 bits per heavy atom. The van der Waals surface area contributed by atoms with Gasteiger partial charge in [-0.15, -0.1) is 0 Å². The molecule has 1 N–H and O–H groups in total. The minimum absolute atomic E-state index is 0.200. The van der Waals surface area contributed by atoms with Gasteiger partial charge in [0.05, 0.1) is 4.47 Å². The first kappa shape index (κ1) is 16.1. The van der Waals surface area contributed by atoms with Crippen LogP contribution in [0.15, 0.2) is 16.6 Å². The summed E-state index contributed by atoms with van der Waals surface area (Å²) in [6, 6.07) is 2.66. The van der Waals surface area contributed by atoms with E-state index in [4.69, 9.17) is 0 Å². The molecule has 1 aromatic carbocycles. The summed E-state index contributed by atoms with van der Waals surface area (Å²) in [6.07, 6.45) is 1.00. The molecule has 1 aromatic rings. The number of halogens is 2. The average Bonchev–Trinajstić information content (AvgIpc) is 2.24. The monoisotopic (exact) mass is 351 g/mol. The number of sulfone groups is 1. The van der Waals surface area contributed by atoms with Gasteiger partial charge in [0.15, 0.2) is 9.84 Å². The molecule has 0 unspecified atom stereocenters. The predicted molar refractivity (Wildman–Crippen MR) is 76.4 cm³/mol. The standard InChI is InChI=1S/C12H15BrFNO3S/c1-7-5-9(14)8(13)6-10(7)15-11(16)12(2,3)19(4,17)18/h5-6H,1-4H3,(H,15,16). The van der Waals surface area contributed by atoms with E-state index in [0.29, 0.717) is 11.3 Å². The molecule has 0 aromatic heterocycles. The second-order valence-electron chi connectivity index (χ2n) is 4.82. The van der Waals surface area contributed by atoms with Crippen molar-refractivity contribution in [2.24, 2.45) is 0 Å². The lowest BCUT2D eigenvalue weighted by molar-refractivity contribution is -0.117. The van der Waals surface area contributed by atoms with Crippen molar-refractivity contribution in [3.63, 3.8) is 0 Å². The topological polar surface area (TPSA) is 63.2 Å². The van der Waals surface area contributed by atoms with Crippen LogP contribution in [0.25, 0.3) is 0 Å². The largest absolute Gasteiger partial charge is 0.324 e. The maximum atomic E-state index is 13.3. The fourth-order valence-corrected chi connectivity index (χ4v) is 1.95. The molecule has 7 heteroatoms.